The molecular weight excluding hydrogens is 312 g/mol. The summed E-state index contributed by atoms with van der Waals surface area (Å²) in [4.78, 5) is 23.1. The molecule has 0 spiro atoms. The van der Waals surface area contributed by atoms with E-state index in [0.717, 1.165) is 0 Å². The van der Waals surface area contributed by atoms with E-state index in [1.54, 1.807) is 24.3 Å². The highest BCUT2D eigenvalue weighted by atomic mass is 16.4. The summed E-state index contributed by atoms with van der Waals surface area (Å²) in [5.74, 6) is -4.62. The summed E-state index contributed by atoms with van der Waals surface area (Å²) in [6.45, 7) is 0. The molecule has 6 nitrogen and oxygen atoms in total. The molecule has 0 aliphatic rings. The van der Waals surface area contributed by atoms with Crippen LogP contribution in [-0.2, 0) is 9.59 Å². The molecule has 0 radical (unpaired) electrons. The summed E-state index contributed by atoms with van der Waals surface area (Å²) < 4.78 is 0. The van der Waals surface area contributed by atoms with E-state index in [-0.39, 0.29) is 35.5 Å². The Hall–Kier alpha value is -3.02. The van der Waals surface area contributed by atoms with Crippen LogP contribution in [0.5, 0.6) is 11.5 Å². The van der Waals surface area contributed by atoms with E-state index < -0.39 is 23.8 Å². The molecule has 0 bridgehead atoms. The predicted octanol–water partition coefficient (Wildman–Crippen LogP) is 2.91. The van der Waals surface area contributed by atoms with Crippen LogP contribution < -0.4 is 0 Å². The van der Waals surface area contributed by atoms with Gasteiger partial charge in [-0.25, -0.2) is 0 Å². The van der Waals surface area contributed by atoms with E-state index in [0.29, 0.717) is 0 Å². The monoisotopic (exact) mass is 330 g/mol. The van der Waals surface area contributed by atoms with Crippen LogP contribution in [0.2, 0.25) is 0 Å². The van der Waals surface area contributed by atoms with Crippen LogP contribution in [-0.4, -0.2) is 32.4 Å². The van der Waals surface area contributed by atoms with Crippen molar-refractivity contribution in [1.82, 2.24) is 0 Å². The molecule has 4 N–H and O–H groups in total. The Labute approximate surface area is 138 Å². The molecule has 0 aliphatic heterocycles. The van der Waals surface area contributed by atoms with Crippen molar-refractivity contribution in [2.45, 2.75) is 24.7 Å². The van der Waals surface area contributed by atoms with Crippen LogP contribution in [0.25, 0.3) is 0 Å². The van der Waals surface area contributed by atoms with E-state index in [9.17, 15) is 30.0 Å². The lowest BCUT2D eigenvalue weighted by molar-refractivity contribution is -0.141. The zero-order chi connectivity index (χ0) is 17.7. The second-order valence-corrected chi connectivity index (χ2v) is 5.48. The van der Waals surface area contributed by atoms with E-state index >= 15 is 0 Å². The van der Waals surface area contributed by atoms with Crippen molar-refractivity contribution in [1.29, 1.82) is 0 Å². The van der Waals surface area contributed by atoms with E-state index in [1.807, 2.05) is 0 Å². The van der Waals surface area contributed by atoms with Crippen LogP contribution in [0.4, 0.5) is 0 Å². The quantitative estimate of drug-likeness (QED) is 0.620. The normalized spacial score (nSPS) is 13.2. The number of rotatable bonds is 7. The molecule has 0 heterocycles. The van der Waals surface area contributed by atoms with Crippen molar-refractivity contribution in [2.75, 3.05) is 0 Å². The fourth-order valence-electron chi connectivity index (χ4n) is 2.72. The Morgan fingerprint density at radius 1 is 0.708 bits per heavy atom. The van der Waals surface area contributed by atoms with Gasteiger partial charge in [0.25, 0.3) is 0 Å². The maximum Gasteiger partial charge on any atom is 0.311 e. The van der Waals surface area contributed by atoms with Crippen molar-refractivity contribution in [2.24, 2.45) is 0 Å². The second kappa shape index (κ2) is 7.50. The number of hydrogen-bond acceptors (Lipinski definition) is 4. The van der Waals surface area contributed by atoms with Crippen molar-refractivity contribution >= 4 is 11.9 Å². The number of hydrogen-bond donors (Lipinski definition) is 4. The lowest BCUT2D eigenvalue weighted by atomic mass is 9.86. The van der Waals surface area contributed by atoms with Gasteiger partial charge in [-0.3, -0.25) is 9.59 Å². The second-order valence-electron chi connectivity index (χ2n) is 5.48. The van der Waals surface area contributed by atoms with Crippen LogP contribution in [0.3, 0.4) is 0 Å². The SMILES string of the molecule is O=C(O)C(CCC(C(=O)O)c1ccccc1O)c1ccccc1O. The molecule has 0 aromatic heterocycles. The molecule has 0 amide bonds. The molecule has 2 atom stereocenters. The summed E-state index contributed by atoms with van der Waals surface area (Å²) >= 11 is 0. The molecule has 0 saturated heterocycles. The molecule has 0 aliphatic carbocycles. The van der Waals surface area contributed by atoms with Gasteiger partial charge in [-0.15, -0.1) is 0 Å². The molecule has 6 heteroatoms. The van der Waals surface area contributed by atoms with Crippen molar-refractivity contribution in [3.8, 4) is 11.5 Å². The Kier molecular flexibility index (Phi) is 5.42. The minimum atomic E-state index is -1.14. The highest BCUT2D eigenvalue weighted by molar-refractivity contribution is 5.79. The van der Waals surface area contributed by atoms with Gasteiger partial charge in [0.1, 0.15) is 11.5 Å². The zero-order valence-corrected chi connectivity index (χ0v) is 12.8. The average molecular weight is 330 g/mol. The molecule has 24 heavy (non-hydrogen) atoms. The first-order chi connectivity index (χ1) is 11.4. The van der Waals surface area contributed by atoms with Gasteiger partial charge in [-0.05, 0) is 25.0 Å². The van der Waals surface area contributed by atoms with Crippen molar-refractivity contribution in [3.05, 3.63) is 59.7 Å². The first-order valence-corrected chi connectivity index (χ1v) is 7.43. The van der Waals surface area contributed by atoms with Crippen LogP contribution in [0.15, 0.2) is 48.5 Å². The third-order valence-corrected chi connectivity index (χ3v) is 3.96. The Bertz CT molecular complexity index is 676. The van der Waals surface area contributed by atoms with Gasteiger partial charge in [-0.2, -0.15) is 0 Å². The first kappa shape index (κ1) is 17.3. The number of aliphatic carboxylic acids is 2. The van der Waals surface area contributed by atoms with Crippen LogP contribution in [0.1, 0.15) is 35.8 Å². The smallest absolute Gasteiger partial charge is 0.311 e. The number of carboxylic acid groups (broad SMARTS) is 2. The summed E-state index contributed by atoms with van der Waals surface area (Å²) in [5, 5.41) is 38.5. The third-order valence-electron chi connectivity index (χ3n) is 3.96. The Morgan fingerprint density at radius 3 is 1.33 bits per heavy atom. The van der Waals surface area contributed by atoms with Gasteiger partial charge in [-0.1, -0.05) is 36.4 Å². The van der Waals surface area contributed by atoms with Gasteiger partial charge in [0.2, 0.25) is 0 Å². The average Bonchev–Trinajstić information content (AvgIpc) is 2.53. The Balaban J connectivity index is 2.24. The van der Waals surface area contributed by atoms with Gasteiger partial charge in [0, 0.05) is 11.1 Å². The molecule has 2 aromatic carbocycles. The highest BCUT2D eigenvalue weighted by Crippen LogP contribution is 2.35. The fraction of sp³-hybridized carbons (Fsp3) is 0.222. The number of carbonyl (C=O) groups is 2. The first-order valence-electron chi connectivity index (χ1n) is 7.43. The minimum absolute atomic E-state index is 0.0121. The van der Waals surface area contributed by atoms with E-state index in [1.165, 1.54) is 24.3 Å². The zero-order valence-electron chi connectivity index (χ0n) is 12.8. The summed E-state index contributed by atoms with van der Waals surface area (Å²) in [5.41, 5.74) is 0.484. The number of para-hydroxylation sites is 2. The number of aromatic hydroxyl groups is 2. The molecule has 0 fully saturated rings. The summed E-state index contributed by atoms with van der Waals surface area (Å²) in [7, 11) is 0. The van der Waals surface area contributed by atoms with Crippen LogP contribution in [0, 0.1) is 0 Å². The number of phenolic OH excluding ortho intramolecular Hbond substituents is 2. The van der Waals surface area contributed by atoms with Crippen molar-refractivity contribution in [3.63, 3.8) is 0 Å². The fourth-order valence-corrected chi connectivity index (χ4v) is 2.72. The van der Waals surface area contributed by atoms with Gasteiger partial charge in [0.15, 0.2) is 0 Å². The standard InChI is InChI=1S/C18H18O6/c19-15-7-3-1-5-11(15)13(17(21)22)9-10-14(18(23)24)12-6-2-4-8-16(12)20/h1-8,13-14,19-20H,9-10H2,(H,21,22)(H,23,24). The molecule has 126 valence electrons. The minimum Gasteiger partial charge on any atom is -0.508 e. The van der Waals surface area contributed by atoms with E-state index in [4.69, 9.17) is 0 Å². The van der Waals surface area contributed by atoms with Gasteiger partial charge < -0.3 is 20.4 Å². The molecule has 2 rings (SSSR count). The summed E-state index contributed by atoms with van der Waals surface area (Å²) in [6, 6.07) is 12.2. The predicted molar refractivity (Wildman–Crippen MR) is 86.2 cm³/mol. The van der Waals surface area contributed by atoms with Crippen molar-refractivity contribution < 1.29 is 30.0 Å². The largest absolute Gasteiger partial charge is 0.508 e. The van der Waals surface area contributed by atoms with Gasteiger partial charge in [0.05, 0.1) is 11.8 Å². The molecule has 2 unspecified atom stereocenters. The maximum absolute atomic E-state index is 11.5. The summed E-state index contributed by atoms with van der Waals surface area (Å²) in [6.07, 6.45) is 0.0242. The maximum atomic E-state index is 11.5. The number of benzene rings is 2. The molecule has 0 saturated carbocycles. The van der Waals surface area contributed by atoms with Crippen LogP contribution >= 0.6 is 0 Å². The molecular formula is C18H18O6. The number of phenols is 2. The van der Waals surface area contributed by atoms with E-state index in [2.05, 4.69) is 0 Å². The topological polar surface area (TPSA) is 115 Å². The Morgan fingerprint density at radius 2 is 1.04 bits per heavy atom. The lowest BCUT2D eigenvalue weighted by Crippen LogP contribution is -2.17. The lowest BCUT2D eigenvalue weighted by Gasteiger charge is -2.18. The van der Waals surface area contributed by atoms with Gasteiger partial charge >= 0.3 is 11.9 Å². The highest BCUT2D eigenvalue weighted by Gasteiger charge is 2.28. The third kappa shape index (κ3) is 3.84. The molecule has 2 aromatic rings. The number of carboxylic acids is 2.